The van der Waals surface area contributed by atoms with Gasteiger partial charge in [-0.3, -0.25) is 4.40 Å². The van der Waals surface area contributed by atoms with Gasteiger partial charge in [-0.15, -0.1) is 0 Å². The van der Waals surface area contributed by atoms with E-state index in [0.717, 1.165) is 49.0 Å². The molecule has 3 aromatic rings. The van der Waals surface area contributed by atoms with Crippen LogP contribution < -0.4 is 10.2 Å². The number of hydrogen-bond acceptors (Lipinski definition) is 5. The number of aryl methyl sites for hydroxylation is 1. The average Bonchev–Trinajstić information content (AvgIpc) is 3.20. The molecule has 0 N–H and O–H groups in total. The molecule has 0 amide bonds. The fraction of sp³-hybridized carbons (Fsp3) is 0.435. The second-order valence-electron chi connectivity index (χ2n) is 7.95. The first-order valence-electron chi connectivity index (χ1n) is 11.1. The Morgan fingerprint density at radius 3 is 2.12 bits per heavy atom. The second-order valence-corrected chi connectivity index (χ2v) is 10.8. The zero-order valence-corrected chi connectivity index (χ0v) is 19.6. The third-order valence-electron chi connectivity index (χ3n) is 6.05. The first kappa shape index (κ1) is 21.6. The van der Waals surface area contributed by atoms with Crippen molar-refractivity contribution >= 4 is 24.1 Å². The van der Waals surface area contributed by atoms with Gasteiger partial charge in [-0.25, -0.2) is 19.1 Å². The normalized spacial score (nSPS) is 18.7. The van der Waals surface area contributed by atoms with E-state index < -0.39 is 7.36 Å². The first-order valence-corrected chi connectivity index (χ1v) is 12.7. The van der Waals surface area contributed by atoms with Gasteiger partial charge in [-0.1, -0.05) is 6.07 Å². The molecular weight excluding hydrogens is 425 g/mol. The van der Waals surface area contributed by atoms with Gasteiger partial charge in [0, 0.05) is 32.4 Å². The molecule has 2 aliphatic rings. The van der Waals surface area contributed by atoms with Gasteiger partial charge in [-0.05, 0) is 43.3 Å². The minimum atomic E-state index is -2.39. The van der Waals surface area contributed by atoms with Gasteiger partial charge >= 0.3 is 0 Å². The van der Waals surface area contributed by atoms with E-state index in [1.807, 2.05) is 30.3 Å². The summed E-state index contributed by atoms with van der Waals surface area (Å²) in [7, 11) is -0.702. The van der Waals surface area contributed by atoms with E-state index in [1.165, 1.54) is 5.44 Å². The molecule has 4 heterocycles. The number of hydrogen-bond donors (Lipinski definition) is 0. The number of ether oxygens (including phenoxy) is 3. The highest BCUT2D eigenvalue weighted by Crippen LogP contribution is 2.58. The Kier molecular flexibility index (Phi) is 6.31. The third kappa shape index (κ3) is 3.87. The predicted molar refractivity (Wildman–Crippen MR) is 126 cm³/mol. The van der Waals surface area contributed by atoms with Crippen molar-refractivity contribution < 1.29 is 14.2 Å². The summed E-state index contributed by atoms with van der Waals surface area (Å²) in [5.74, 6) is 0.830. The van der Waals surface area contributed by atoms with Gasteiger partial charge < -0.3 is 14.2 Å². The molecule has 2 saturated heterocycles. The van der Waals surface area contributed by atoms with Crippen LogP contribution in [0.3, 0.4) is 0 Å². The van der Waals surface area contributed by atoms with Crippen molar-refractivity contribution in [2.24, 2.45) is 4.74 Å². The summed E-state index contributed by atoms with van der Waals surface area (Å²) in [4.78, 5) is 4.93. The molecule has 8 nitrogen and oxygen atoms in total. The van der Waals surface area contributed by atoms with Crippen LogP contribution in [0.4, 0.5) is 5.69 Å². The molecule has 2 aliphatic heterocycles. The molecule has 0 radical (unpaired) electrons. The van der Waals surface area contributed by atoms with Crippen LogP contribution in [0.1, 0.15) is 5.69 Å². The number of methoxy groups -OCH3 is 1. The molecule has 0 bridgehead atoms. The van der Waals surface area contributed by atoms with Crippen LogP contribution in [0, 0.1) is 6.92 Å². The summed E-state index contributed by atoms with van der Waals surface area (Å²) in [6.45, 7) is 8.30. The molecule has 32 heavy (non-hydrogen) atoms. The molecular formula is C23H30N5O3P. The van der Waals surface area contributed by atoms with Gasteiger partial charge in [-0.2, -0.15) is 0 Å². The first-order chi connectivity index (χ1) is 15.7. The Balaban J connectivity index is 1.80. The van der Waals surface area contributed by atoms with Crippen LogP contribution in [-0.2, 0) is 9.47 Å². The molecule has 1 aromatic carbocycles. The minimum Gasteiger partial charge on any atom is -0.497 e. The lowest BCUT2D eigenvalue weighted by molar-refractivity contribution is 0.0578. The Labute approximate surface area is 188 Å². The highest BCUT2D eigenvalue weighted by Gasteiger charge is 2.41. The van der Waals surface area contributed by atoms with Crippen LogP contribution in [0.5, 0.6) is 5.75 Å². The molecule has 0 spiro atoms. The van der Waals surface area contributed by atoms with Crippen LogP contribution >= 0.6 is 7.36 Å². The lowest BCUT2D eigenvalue weighted by atomic mass is 10.3. The molecule has 2 fully saturated rings. The Morgan fingerprint density at radius 2 is 1.53 bits per heavy atom. The Morgan fingerprint density at radius 1 is 0.906 bits per heavy atom. The van der Waals surface area contributed by atoms with E-state index in [0.29, 0.717) is 26.4 Å². The molecule has 9 heteroatoms. The van der Waals surface area contributed by atoms with E-state index in [2.05, 4.69) is 39.0 Å². The maximum atomic E-state index is 5.75. The van der Waals surface area contributed by atoms with Crippen molar-refractivity contribution in [2.75, 3.05) is 59.7 Å². The largest absolute Gasteiger partial charge is 0.497 e. The number of morpholine rings is 2. The molecule has 0 aliphatic carbocycles. The zero-order valence-electron chi connectivity index (χ0n) is 18.7. The molecule has 0 atom stereocenters. The molecule has 0 saturated carbocycles. The summed E-state index contributed by atoms with van der Waals surface area (Å²) in [5, 5.41) is 0. The predicted octanol–water partition coefficient (Wildman–Crippen LogP) is 3.30. The van der Waals surface area contributed by atoms with E-state index in [9.17, 15) is 0 Å². The fourth-order valence-electron chi connectivity index (χ4n) is 4.56. The zero-order chi connectivity index (χ0) is 22.0. The Bertz CT molecular complexity index is 1100. The standard InChI is InChI=1S/C23H30N5O3P/c1-19-23(28-10-4-3-5-22(28)24-19)32(26-11-15-30-16-12-26,27-13-17-31-18-14-27)25-20-6-8-21(29-2)9-7-20/h3-10H,11-18H2,1-2H3. The van der Waals surface area contributed by atoms with E-state index in [1.54, 1.807) is 7.11 Å². The van der Waals surface area contributed by atoms with Crippen molar-refractivity contribution in [3.8, 4) is 5.75 Å². The summed E-state index contributed by atoms with van der Waals surface area (Å²) in [6, 6.07) is 14.2. The fourth-order valence-corrected chi connectivity index (χ4v) is 8.64. The van der Waals surface area contributed by atoms with Crippen LogP contribution in [0.25, 0.3) is 5.65 Å². The summed E-state index contributed by atoms with van der Waals surface area (Å²) < 4.78 is 29.8. The quantitative estimate of drug-likeness (QED) is 0.550. The number of aromatic nitrogens is 2. The number of rotatable bonds is 5. The van der Waals surface area contributed by atoms with Gasteiger partial charge in [0.15, 0.2) is 7.36 Å². The van der Waals surface area contributed by atoms with E-state index >= 15 is 0 Å². The number of benzene rings is 1. The molecule has 2 aromatic heterocycles. The summed E-state index contributed by atoms with van der Waals surface area (Å²) >= 11 is 0. The van der Waals surface area contributed by atoms with Crippen molar-refractivity contribution in [2.45, 2.75) is 6.92 Å². The van der Waals surface area contributed by atoms with Crippen LogP contribution in [0.2, 0.25) is 0 Å². The van der Waals surface area contributed by atoms with Gasteiger partial charge in [0.05, 0.1) is 44.9 Å². The lowest BCUT2D eigenvalue weighted by Crippen LogP contribution is -2.47. The summed E-state index contributed by atoms with van der Waals surface area (Å²) in [6.07, 6.45) is 2.11. The minimum absolute atomic E-state index is 0.708. The van der Waals surface area contributed by atoms with Crippen molar-refractivity contribution in [3.05, 3.63) is 54.4 Å². The van der Waals surface area contributed by atoms with Gasteiger partial charge in [0.1, 0.15) is 16.8 Å². The van der Waals surface area contributed by atoms with E-state index in [-0.39, 0.29) is 0 Å². The number of nitrogens with zero attached hydrogens (tertiary/aromatic N) is 5. The molecule has 5 rings (SSSR count). The number of fused-ring (bicyclic) bond motifs is 1. The van der Waals surface area contributed by atoms with Gasteiger partial charge in [0.25, 0.3) is 0 Å². The second kappa shape index (κ2) is 9.33. The molecule has 0 unspecified atom stereocenters. The molecule has 170 valence electrons. The van der Waals surface area contributed by atoms with E-state index in [4.69, 9.17) is 23.9 Å². The monoisotopic (exact) mass is 455 g/mol. The Hall–Kier alpha value is -2.22. The third-order valence-corrected chi connectivity index (χ3v) is 10.0. The van der Waals surface area contributed by atoms with Crippen LogP contribution in [-0.4, -0.2) is 78.4 Å². The maximum Gasteiger partial charge on any atom is 0.151 e. The lowest BCUT2D eigenvalue weighted by Gasteiger charge is -2.46. The SMILES string of the molecule is COc1ccc(N=P(c2c(C)nc3ccccn23)(N2CCOCC2)N2CCOCC2)cc1. The van der Waals surface area contributed by atoms with Gasteiger partial charge in [0.2, 0.25) is 0 Å². The van der Waals surface area contributed by atoms with Crippen LogP contribution in [0.15, 0.2) is 53.4 Å². The number of pyridine rings is 1. The smallest absolute Gasteiger partial charge is 0.151 e. The van der Waals surface area contributed by atoms with Crippen molar-refractivity contribution in [1.29, 1.82) is 0 Å². The summed E-state index contributed by atoms with van der Waals surface area (Å²) in [5.41, 5.74) is 4.12. The topological polar surface area (TPSA) is 63.8 Å². The van der Waals surface area contributed by atoms with Crippen molar-refractivity contribution in [1.82, 2.24) is 18.7 Å². The number of imidazole rings is 1. The average molecular weight is 455 g/mol. The van der Waals surface area contributed by atoms with Crippen molar-refractivity contribution in [3.63, 3.8) is 0 Å². The highest BCUT2D eigenvalue weighted by atomic mass is 31.2. The highest BCUT2D eigenvalue weighted by molar-refractivity contribution is 7.69. The maximum absolute atomic E-state index is 5.75.